The maximum Gasteiger partial charge on any atom is 0.0709 e. The second-order valence-corrected chi connectivity index (χ2v) is 7.18. The van der Waals surface area contributed by atoms with Crippen molar-refractivity contribution < 1.29 is 0 Å². The SMILES string of the molecule is Cc1ccc(N2CCN(CN3CCNCC3)c3ccccc32)cc1C. The van der Waals surface area contributed by atoms with E-state index in [2.05, 4.69) is 76.3 Å². The Morgan fingerprint density at radius 3 is 2.36 bits per heavy atom. The van der Waals surface area contributed by atoms with Gasteiger partial charge in [0.15, 0.2) is 0 Å². The van der Waals surface area contributed by atoms with E-state index >= 15 is 0 Å². The van der Waals surface area contributed by atoms with Crippen LogP contribution in [0.3, 0.4) is 0 Å². The number of hydrogen-bond donors (Lipinski definition) is 1. The lowest BCUT2D eigenvalue weighted by atomic mass is 10.1. The number of aryl methyl sites for hydroxylation is 2. The van der Waals surface area contributed by atoms with Crippen LogP contribution in [-0.4, -0.2) is 50.8 Å². The Bertz CT molecular complexity index is 736. The van der Waals surface area contributed by atoms with Gasteiger partial charge in [-0.25, -0.2) is 0 Å². The zero-order chi connectivity index (χ0) is 17.2. The number of rotatable bonds is 3. The second-order valence-electron chi connectivity index (χ2n) is 7.18. The van der Waals surface area contributed by atoms with E-state index < -0.39 is 0 Å². The monoisotopic (exact) mass is 336 g/mol. The average molecular weight is 336 g/mol. The van der Waals surface area contributed by atoms with Crippen molar-refractivity contribution in [1.29, 1.82) is 0 Å². The van der Waals surface area contributed by atoms with Gasteiger partial charge in [-0.1, -0.05) is 18.2 Å². The minimum Gasteiger partial charge on any atom is -0.355 e. The Morgan fingerprint density at radius 1 is 0.840 bits per heavy atom. The van der Waals surface area contributed by atoms with Crippen LogP contribution in [0.15, 0.2) is 42.5 Å². The van der Waals surface area contributed by atoms with E-state index in [1.54, 1.807) is 0 Å². The predicted molar refractivity (Wildman–Crippen MR) is 106 cm³/mol. The van der Waals surface area contributed by atoms with Gasteiger partial charge < -0.3 is 15.1 Å². The van der Waals surface area contributed by atoms with Gasteiger partial charge >= 0.3 is 0 Å². The molecule has 1 saturated heterocycles. The van der Waals surface area contributed by atoms with Crippen molar-refractivity contribution in [2.75, 3.05) is 55.7 Å². The van der Waals surface area contributed by atoms with Crippen LogP contribution in [-0.2, 0) is 0 Å². The molecule has 1 N–H and O–H groups in total. The summed E-state index contributed by atoms with van der Waals surface area (Å²) in [5, 5.41) is 3.44. The third-order valence-corrected chi connectivity index (χ3v) is 5.49. The van der Waals surface area contributed by atoms with E-state index in [0.29, 0.717) is 0 Å². The molecule has 132 valence electrons. The fraction of sp³-hybridized carbons (Fsp3) is 0.429. The Labute approximate surface area is 151 Å². The molecule has 2 aliphatic rings. The standard InChI is InChI=1S/C21H28N4/c1-17-7-8-19(15-18(17)2)25-14-13-24(16-23-11-9-22-10-12-23)20-5-3-4-6-21(20)25/h3-8,15,22H,9-14,16H2,1-2H3. The molecule has 2 heterocycles. The van der Waals surface area contributed by atoms with Crippen LogP contribution < -0.4 is 15.1 Å². The zero-order valence-electron chi connectivity index (χ0n) is 15.3. The summed E-state index contributed by atoms with van der Waals surface area (Å²) in [7, 11) is 0. The molecule has 4 rings (SSSR count). The van der Waals surface area contributed by atoms with Crippen molar-refractivity contribution in [3.63, 3.8) is 0 Å². The molecule has 0 bridgehead atoms. The highest BCUT2D eigenvalue weighted by Gasteiger charge is 2.25. The van der Waals surface area contributed by atoms with Crippen LogP contribution in [0.1, 0.15) is 11.1 Å². The molecule has 0 saturated carbocycles. The van der Waals surface area contributed by atoms with Crippen molar-refractivity contribution in [3.8, 4) is 0 Å². The quantitative estimate of drug-likeness (QED) is 0.929. The first-order valence-electron chi connectivity index (χ1n) is 9.34. The van der Waals surface area contributed by atoms with E-state index in [-0.39, 0.29) is 0 Å². The normalized spacial score (nSPS) is 18.3. The van der Waals surface area contributed by atoms with Crippen molar-refractivity contribution in [3.05, 3.63) is 53.6 Å². The third-order valence-electron chi connectivity index (χ3n) is 5.49. The molecule has 0 atom stereocenters. The zero-order valence-corrected chi connectivity index (χ0v) is 15.3. The molecule has 4 nitrogen and oxygen atoms in total. The second kappa shape index (κ2) is 7.06. The minimum absolute atomic E-state index is 1.03. The molecular formula is C21H28N4. The summed E-state index contributed by atoms with van der Waals surface area (Å²) in [6.07, 6.45) is 0. The van der Waals surface area contributed by atoms with Gasteiger partial charge in [0.1, 0.15) is 0 Å². The highest BCUT2D eigenvalue weighted by molar-refractivity contribution is 5.79. The van der Waals surface area contributed by atoms with Gasteiger partial charge in [0.25, 0.3) is 0 Å². The van der Waals surface area contributed by atoms with Crippen molar-refractivity contribution in [2.24, 2.45) is 0 Å². The van der Waals surface area contributed by atoms with Crippen LogP contribution in [0.5, 0.6) is 0 Å². The van der Waals surface area contributed by atoms with Crippen molar-refractivity contribution >= 4 is 17.1 Å². The number of nitrogens with zero attached hydrogens (tertiary/aromatic N) is 3. The molecular weight excluding hydrogens is 308 g/mol. The summed E-state index contributed by atoms with van der Waals surface area (Å²) in [6, 6.07) is 15.7. The first-order valence-corrected chi connectivity index (χ1v) is 9.34. The van der Waals surface area contributed by atoms with Crippen LogP contribution in [0.25, 0.3) is 0 Å². The van der Waals surface area contributed by atoms with E-state index in [0.717, 1.165) is 45.9 Å². The van der Waals surface area contributed by atoms with E-state index in [9.17, 15) is 0 Å². The number of anilines is 3. The van der Waals surface area contributed by atoms with E-state index in [1.807, 2.05) is 0 Å². The van der Waals surface area contributed by atoms with Gasteiger partial charge in [0.2, 0.25) is 0 Å². The smallest absolute Gasteiger partial charge is 0.0709 e. The van der Waals surface area contributed by atoms with Gasteiger partial charge in [-0.2, -0.15) is 0 Å². The Hall–Kier alpha value is -2.04. The Morgan fingerprint density at radius 2 is 1.60 bits per heavy atom. The summed E-state index contributed by atoms with van der Waals surface area (Å²) in [5.74, 6) is 0. The molecule has 0 radical (unpaired) electrons. The minimum atomic E-state index is 1.03. The number of hydrogen-bond acceptors (Lipinski definition) is 4. The highest BCUT2D eigenvalue weighted by atomic mass is 15.4. The van der Waals surface area contributed by atoms with Crippen LogP contribution in [0, 0.1) is 13.8 Å². The molecule has 2 aromatic rings. The van der Waals surface area contributed by atoms with Gasteiger partial charge in [-0.05, 0) is 49.2 Å². The number of benzene rings is 2. The van der Waals surface area contributed by atoms with Crippen molar-refractivity contribution in [1.82, 2.24) is 10.2 Å². The summed E-state index contributed by atoms with van der Waals surface area (Å²) in [6.45, 7) is 12.0. The maximum atomic E-state index is 3.44. The number of fused-ring (bicyclic) bond motifs is 1. The molecule has 0 amide bonds. The fourth-order valence-corrected chi connectivity index (χ4v) is 3.82. The summed E-state index contributed by atoms with van der Waals surface area (Å²) in [5.41, 5.74) is 6.70. The molecule has 0 aliphatic carbocycles. The molecule has 2 aliphatic heterocycles. The average Bonchev–Trinajstić information content (AvgIpc) is 2.65. The number of nitrogens with one attached hydrogen (secondary N) is 1. The van der Waals surface area contributed by atoms with E-state index in [1.165, 1.54) is 28.2 Å². The van der Waals surface area contributed by atoms with Gasteiger partial charge in [-0.3, -0.25) is 4.90 Å². The lowest BCUT2D eigenvalue weighted by Gasteiger charge is -2.42. The van der Waals surface area contributed by atoms with Gasteiger partial charge in [-0.15, -0.1) is 0 Å². The lowest BCUT2D eigenvalue weighted by Crippen LogP contribution is -2.50. The summed E-state index contributed by atoms with van der Waals surface area (Å²) in [4.78, 5) is 7.56. The highest BCUT2D eigenvalue weighted by Crippen LogP contribution is 2.38. The summed E-state index contributed by atoms with van der Waals surface area (Å²) < 4.78 is 0. The first-order chi connectivity index (χ1) is 12.2. The maximum absolute atomic E-state index is 3.44. The third kappa shape index (κ3) is 3.37. The molecule has 25 heavy (non-hydrogen) atoms. The summed E-state index contributed by atoms with van der Waals surface area (Å²) >= 11 is 0. The topological polar surface area (TPSA) is 21.8 Å². The predicted octanol–water partition coefficient (Wildman–Crippen LogP) is 3.12. The molecule has 4 heteroatoms. The molecule has 2 aromatic carbocycles. The molecule has 0 unspecified atom stereocenters. The first kappa shape index (κ1) is 16.4. The van der Waals surface area contributed by atoms with E-state index in [4.69, 9.17) is 0 Å². The van der Waals surface area contributed by atoms with Crippen molar-refractivity contribution in [2.45, 2.75) is 13.8 Å². The lowest BCUT2D eigenvalue weighted by molar-refractivity contribution is 0.240. The van der Waals surface area contributed by atoms with Crippen LogP contribution in [0.4, 0.5) is 17.1 Å². The molecule has 1 fully saturated rings. The van der Waals surface area contributed by atoms with Gasteiger partial charge in [0.05, 0.1) is 18.0 Å². The van der Waals surface area contributed by atoms with Crippen LogP contribution >= 0.6 is 0 Å². The largest absolute Gasteiger partial charge is 0.355 e. The Kier molecular flexibility index (Phi) is 4.64. The number of piperazine rings is 1. The Balaban J connectivity index is 1.61. The van der Waals surface area contributed by atoms with Crippen LogP contribution in [0.2, 0.25) is 0 Å². The fourth-order valence-electron chi connectivity index (χ4n) is 3.82. The number of para-hydroxylation sites is 2. The molecule has 0 aromatic heterocycles. The van der Waals surface area contributed by atoms with Gasteiger partial charge in [0, 0.05) is 45.0 Å². The molecule has 0 spiro atoms.